The molecule has 3 N–H and O–H groups in total. The number of benzene rings is 2. The third kappa shape index (κ3) is 6.88. The first-order valence-corrected chi connectivity index (χ1v) is 8.93. The average Bonchev–Trinajstić information content (AvgIpc) is 2.68. The maximum Gasteiger partial charge on any atom is 0.271 e. The Hall–Kier alpha value is -3.48. The van der Waals surface area contributed by atoms with Gasteiger partial charge in [0.1, 0.15) is 29.7 Å². The average molecular weight is 399 g/mol. The van der Waals surface area contributed by atoms with Crippen LogP contribution in [0.15, 0.2) is 70.9 Å². The number of ether oxygens (including phenoxy) is 1. The summed E-state index contributed by atoms with van der Waals surface area (Å²) < 4.78 is 32.9. The number of nitrogens with two attached hydrogens (primary N) is 1. The van der Waals surface area contributed by atoms with Gasteiger partial charge in [0.2, 0.25) is 0 Å². The van der Waals surface area contributed by atoms with Gasteiger partial charge in [0.25, 0.3) is 5.91 Å². The molecular formula is C22H23F2N3O2. The number of anilines is 1. The second-order valence-electron chi connectivity index (χ2n) is 6.36. The number of hydrogen-bond acceptors (Lipinski definition) is 4. The fourth-order valence-electron chi connectivity index (χ4n) is 2.24. The van der Waals surface area contributed by atoms with E-state index in [0.717, 1.165) is 23.3 Å². The first-order valence-electron chi connectivity index (χ1n) is 8.93. The van der Waals surface area contributed by atoms with Crippen molar-refractivity contribution in [1.29, 1.82) is 0 Å². The largest absolute Gasteiger partial charge is 0.489 e. The number of allylic oxidation sites excluding steroid dienone is 2. The van der Waals surface area contributed by atoms with E-state index in [0.29, 0.717) is 18.9 Å². The molecule has 0 unspecified atom stereocenters. The monoisotopic (exact) mass is 399 g/mol. The van der Waals surface area contributed by atoms with Gasteiger partial charge in [-0.3, -0.25) is 9.79 Å². The van der Waals surface area contributed by atoms with Gasteiger partial charge in [0, 0.05) is 11.8 Å². The lowest BCUT2D eigenvalue weighted by Gasteiger charge is -2.08. The Kier molecular flexibility index (Phi) is 8.09. The predicted molar refractivity (Wildman–Crippen MR) is 111 cm³/mol. The predicted octanol–water partition coefficient (Wildman–Crippen LogP) is 4.36. The summed E-state index contributed by atoms with van der Waals surface area (Å²) in [6, 6.07) is 10.8. The van der Waals surface area contributed by atoms with Crippen molar-refractivity contribution in [3.05, 3.63) is 83.1 Å². The molecule has 0 saturated heterocycles. The Bertz CT molecular complexity index is 929. The van der Waals surface area contributed by atoms with E-state index in [1.165, 1.54) is 18.4 Å². The number of aliphatic imine (C=N–C) groups is 1. The van der Waals surface area contributed by atoms with Crippen LogP contribution in [-0.2, 0) is 11.3 Å². The minimum absolute atomic E-state index is 0.232. The Labute approximate surface area is 168 Å². The number of amides is 1. The van der Waals surface area contributed by atoms with Crippen LogP contribution < -0.4 is 15.8 Å². The number of hydrogen-bond donors (Lipinski definition) is 2. The molecule has 0 aliphatic rings. The molecule has 0 atom stereocenters. The quantitative estimate of drug-likeness (QED) is 0.393. The van der Waals surface area contributed by atoms with E-state index in [1.54, 1.807) is 0 Å². The minimum Gasteiger partial charge on any atom is -0.489 e. The molecule has 0 aliphatic carbocycles. The van der Waals surface area contributed by atoms with E-state index in [9.17, 15) is 13.6 Å². The Morgan fingerprint density at radius 3 is 2.52 bits per heavy atom. The molecule has 29 heavy (non-hydrogen) atoms. The summed E-state index contributed by atoms with van der Waals surface area (Å²) in [5.74, 6) is -1.88. The van der Waals surface area contributed by atoms with Crippen LogP contribution >= 0.6 is 0 Å². The number of halogens is 2. The molecule has 0 aromatic heterocycles. The van der Waals surface area contributed by atoms with Crippen molar-refractivity contribution < 1.29 is 18.3 Å². The summed E-state index contributed by atoms with van der Waals surface area (Å²) in [4.78, 5) is 16.2. The summed E-state index contributed by atoms with van der Waals surface area (Å²) in [5.41, 5.74) is 6.90. The molecule has 0 spiro atoms. The van der Waals surface area contributed by atoms with Crippen molar-refractivity contribution in [3.8, 4) is 5.75 Å². The fourth-order valence-corrected chi connectivity index (χ4v) is 2.24. The van der Waals surface area contributed by atoms with Crippen molar-refractivity contribution in [2.75, 3.05) is 11.9 Å². The van der Waals surface area contributed by atoms with Gasteiger partial charge in [-0.25, -0.2) is 8.78 Å². The topological polar surface area (TPSA) is 76.7 Å². The standard InChI is InChI=1S/C22H23F2N3O2/c1-15(2)11-13-29-20-9-4-3-6-16(20)14-26-12-10-19(25)22(28)27-21-17(23)7-5-8-18(21)24/h3-12H,13-14,25H2,1-2H3,(H,27,28). The van der Waals surface area contributed by atoms with E-state index >= 15 is 0 Å². The van der Waals surface area contributed by atoms with Crippen molar-refractivity contribution >= 4 is 17.8 Å². The number of rotatable bonds is 8. The molecule has 2 aromatic rings. The number of nitrogens with one attached hydrogen (secondary N) is 1. The third-order valence-electron chi connectivity index (χ3n) is 3.79. The van der Waals surface area contributed by atoms with E-state index in [-0.39, 0.29) is 5.70 Å². The lowest BCUT2D eigenvalue weighted by molar-refractivity contribution is -0.112. The van der Waals surface area contributed by atoms with Crippen LogP contribution in [0, 0.1) is 11.6 Å². The minimum atomic E-state index is -0.885. The van der Waals surface area contributed by atoms with Gasteiger partial charge in [-0.2, -0.15) is 0 Å². The molecular weight excluding hydrogens is 376 g/mol. The highest BCUT2D eigenvalue weighted by Gasteiger charge is 2.13. The second kappa shape index (κ2) is 10.8. The number of carbonyl (C=O) groups is 1. The SMILES string of the molecule is CC(C)=CCOc1ccccc1CN=CC=C(N)C(=O)Nc1c(F)cccc1F. The van der Waals surface area contributed by atoms with Crippen molar-refractivity contribution in [2.24, 2.45) is 10.7 Å². The van der Waals surface area contributed by atoms with Gasteiger partial charge in [-0.05, 0) is 44.2 Å². The third-order valence-corrected chi connectivity index (χ3v) is 3.79. The number of carbonyl (C=O) groups excluding carboxylic acids is 1. The zero-order valence-corrected chi connectivity index (χ0v) is 16.3. The van der Waals surface area contributed by atoms with Crippen LogP contribution in [0.4, 0.5) is 14.5 Å². The van der Waals surface area contributed by atoms with Crippen LogP contribution in [0.5, 0.6) is 5.75 Å². The van der Waals surface area contributed by atoms with Gasteiger partial charge < -0.3 is 15.8 Å². The highest BCUT2D eigenvalue weighted by Crippen LogP contribution is 2.19. The van der Waals surface area contributed by atoms with E-state index < -0.39 is 23.2 Å². The summed E-state index contributed by atoms with van der Waals surface area (Å²) in [6.45, 7) is 4.76. The van der Waals surface area contributed by atoms with E-state index in [1.807, 2.05) is 44.2 Å². The molecule has 5 nitrogen and oxygen atoms in total. The van der Waals surface area contributed by atoms with Crippen LogP contribution in [-0.4, -0.2) is 18.7 Å². The van der Waals surface area contributed by atoms with E-state index in [4.69, 9.17) is 10.5 Å². The summed E-state index contributed by atoms with van der Waals surface area (Å²) in [7, 11) is 0. The molecule has 152 valence electrons. The lowest BCUT2D eigenvalue weighted by atomic mass is 10.2. The van der Waals surface area contributed by atoms with Gasteiger partial charge >= 0.3 is 0 Å². The summed E-state index contributed by atoms with van der Waals surface area (Å²) in [5, 5.41) is 2.11. The second-order valence-corrected chi connectivity index (χ2v) is 6.36. The zero-order valence-electron chi connectivity index (χ0n) is 16.3. The highest BCUT2D eigenvalue weighted by atomic mass is 19.1. The first-order chi connectivity index (χ1) is 13.9. The normalized spacial score (nSPS) is 11.4. The first kappa shape index (κ1) is 21.8. The summed E-state index contributed by atoms with van der Waals surface area (Å²) in [6.07, 6.45) is 4.60. The van der Waals surface area contributed by atoms with Crippen molar-refractivity contribution in [2.45, 2.75) is 20.4 Å². The lowest BCUT2D eigenvalue weighted by Crippen LogP contribution is -2.21. The van der Waals surface area contributed by atoms with Crippen LogP contribution in [0.25, 0.3) is 0 Å². The molecule has 1 amide bonds. The molecule has 0 heterocycles. The molecule has 2 rings (SSSR count). The molecule has 0 fully saturated rings. The number of nitrogens with zero attached hydrogens (tertiary/aromatic N) is 1. The summed E-state index contributed by atoms with van der Waals surface area (Å²) >= 11 is 0. The Balaban J connectivity index is 1.97. The zero-order chi connectivity index (χ0) is 21.2. The highest BCUT2D eigenvalue weighted by molar-refractivity contribution is 6.05. The number of para-hydroxylation sites is 2. The van der Waals surface area contributed by atoms with Gasteiger partial charge in [-0.1, -0.05) is 29.8 Å². The van der Waals surface area contributed by atoms with Crippen LogP contribution in [0.3, 0.4) is 0 Å². The molecule has 2 aromatic carbocycles. The molecule has 7 heteroatoms. The smallest absolute Gasteiger partial charge is 0.271 e. The van der Waals surface area contributed by atoms with E-state index in [2.05, 4.69) is 10.3 Å². The molecule has 0 bridgehead atoms. The van der Waals surface area contributed by atoms with Crippen LogP contribution in [0.2, 0.25) is 0 Å². The van der Waals surface area contributed by atoms with Crippen molar-refractivity contribution in [1.82, 2.24) is 0 Å². The van der Waals surface area contributed by atoms with Gasteiger partial charge in [-0.15, -0.1) is 0 Å². The molecule has 0 aliphatic heterocycles. The Morgan fingerprint density at radius 1 is 1.14 bits per heavy atom. The van der Waals surface area contributed by atoms with Gasteiger partial charge in [0.05, 0.1) is 12.2 Å². The Morgan fingerprint density at radius 2 is 1.83 bits per heavy atom. The van der Waals surface area contributed by atoms with Crippen molar-refractivity contribution in [3.63, 3.8) is 0 Å². The molecule has 0 radical (unpaired) electrons. The van der Waals surface area contributed by atoms with Crippen LogP contribution in [0.1, 0.15) is 19.4 Å². The van der Waals surface area contributed by atoms with Gasteiger partial charge in [0.15, 0.2) is 0 Å². The maximum absolute atomic E-state index is 13.6. The maximum atomic E-state index is 13.6. The fraction of sp³-hybridized carbons (Fsp3) is 0.182. The molecule has 0 saturated carbocycles.